The fourth-order valence-corrected chi connectivity index (χ4v) is 6.29. The predicted octanol–water partition coefficient (Wildman–Crippen LogP) is 10.3. The summed E-state index contributed by atoms with van der Waals surface area (Å²) < 4.78 is 0. The Morgan fingerprint density at radius 3 is 1.20 bits per heavy atom. The van der Waals surface area contributed by atoms with Crippen molar-refractivity contribution in [2.75, 3.05) is 0 Å². The molecule has 0 saturated carbocycles. The molecule has 2 N–H and O–H groups in total. The highest BCUT2D eigenvalue weighted by atomic mass is 16.4. The van der Waals surface area contributed by atoms with Gasteiger partial charge in [0.2, 0.25) is 0 Å². The summed E-state index contributed by atoms with van der Waals surface area (Å²) in [5.74, 6) is 0. The Morgan fingerprint density at radius 1 is 0.422 bits per heavy atom. The zero-order chi connectivity index (χ0) is 31.4. The van der Waals surface area contributed by atoms with Crippen molar-refractivity contribution in [2.24, 2.45) is 0 Å². The van der Waals surface area contributed by atoms with Gasteiger partial charge in [0.05, 0.1) is 0 Å². The highest BCUT2D eigenvalue weighted by Crippen LogP contribution is 2.36. The smallest absolute Gasteiger partial charge is 0.423 e. The van der Waals surface area contributed by atoms with Crippen LogP contribution in [0.2, 0.25) is 0 Å². The molecule has 5 rings (SSSR count). The van der Waals surface area contributed by atoms with E-state index in [1.165, 1.54) is 95.9 Å². The summed E-state index contributed by atoms with van der Waals surface area (Å²) in [6.45, 7) is 4.55. The summed E-state index contributed by atoms with van der Waals surface area (Å²) in [6.07, 6.45) is 12.1. The van der Waals surface area contributed by atoms with Crippen LogP contribution in [0.1, 0.15) is 76.3 Å². The fourth-order valence-electron chi connectivity index (χ4n) is 6.29. The van der Waals surface area contributed by atoms with Crippen LogP contribution in [-0.2, 0) is 12.8 Å². The highest BCUT2D eigenvalue weighted by Gasteiger charge is 2.15. The Hall–Kier alpha value is -3.92. The molecule has 5 aromatic carbocycles. The van der Waals surface area contributed by atoms with Gasteiger partial charge in [-0.15, -0.1) is 0 Å². The molecule has 0 radical (unpaired) electrons. The molecule has 0 aliphatic rings. The van der Waals surface area contributed by atoms with Gasteiger partial charge in [-0.2, -0.15) is 0 Å². The van der Waals surface area contributed by atoms with E-state index in [4.69, 9.17) is 0 Å². The number of unbranched alkanes of at least 4 members (excludes halogenated alkanes) is 6. The first-order valence-electron chi connectivity index (χ1n) is 17.0. The van der Waals surface area contributed by atoms with Crippen LogP contribution in [-0.4, -0.2) is 17.2 Å². The monoisotopic (exact) mass is 594 g/mol. The summed E-state index contributed by atoms with van der Waals surface area (Å²) >= 11 is 0. The molecule has 0 bridgehead atoms. The second-order valence-corrected chi connectivity index (χ2v) is 12.3. The van der Waals surface area contributed by atoms with E-state index in [2.05, 4.69) is 105 Å². The highest BCUT2D eigenvalue weighted by molar-refractivity contribution is 6.58. The van der Waals surface area contributed by atoms with Crippen molar-refractivity contribution in [1.82, 2.24) is 0 Å². The molecule has 0 aromatic heterocycles. The lowest BCUT2D eigenvalue weighted by atomic mass is 9.80. The maximum Gasteiger partial charge on any atom is 0.488 e. The Kier molecular flexibility index (Phi) is 11.8. The Morgan fingerprint density at radius 2 is 0.800 bits per heavy atom. The largest absolute Gasteiger partial charge is 0.488 e. The maximum atomic E-state index is 9.48. The molecule has 5 aromatic rings. The summed E-state index contributed by atoms with van der Waals surface area (Å²) in [7, 11) is -1.45. The minimum atomic E-state index is -1.45. The predicted molar refractivity (Wildman–Crippen MR) is 194 cm³/mol. The van der Waals surface area contributed by atoms with Gasteiger partial charge in [0, 0.05) is 0 Å². The van der Waals surface area contributed by atoms with Gasteiger partial charge in [-0.1, -0.05) is 168 Å². The van der Waals surface area contributed by atoms with Crippen LogP contribution in [0, 0.1) is 0 Å². The van der Waals surface area contributed by atoms with E-state index in [9.17, 15) is 10.0 Å². The third kappa shape index (κ3) is 8.63. The van der Waals surface area contributed by atoms with E-state index in [0.29, 0.717) is 5.46 Å². The third-order valence-corrected chi connectivity index (χ3v) is 8.97. The number of aryl methyl sites for hydroxylation is 2. The van der Waals surface area contributed by atoms with Gasteiger partial charge in [-0.25, -0.2) is 0 Å². The number of hydrogen-bond donors (Lipinski definition) is 2. The molecule has 0 amide bonds. The van der Waals surface area contributed by atoms with Crippen molar-refractivity contribution >= 4 is 12.6 Å². The van der Waals surface area contributed by atoms with Gasteiger partial charge in [0.15, 0.2) is 0 Å². The summed E-state index contributed by atoms with van der Waals surface area (Å²) in [6, 6.07) is 41.1. The van der Waals surface area contributed by atoms with Crippen molar-refractivity contribution in [3.05, 3.63) is 126 Å². The number of benzene rings is 5. The number of hydrogen-bond acceptors (Lipinski definition) is 2. The van der Waals surface area contributed by atoms with Gasteiger partial charge in [-0.05, 0) is 86.8 Å². The molecule has 0 spiro atoms. The molecule has 0 heterocycles. The Balaban J connectivity index is 1.52. The Bertz CT molecular complexity index is 1610. The van der Waals surface area contributed by atoms with Crippen LogP contribution < -0.4 is 5.46 Å². The molecule has 0 unspecified atom stereocenters. The molecule has 2 nitrogen and oxygen atoms in total. The zero-order valence-electron chi connectivity index (χ0n) is 27.0. The average Bonchev–Trinajstić information content (AvgIpc) is 3.09. The van der Waals surface area contributed by atoms with Crippen LogP contribution in [0.25, 0.3) is 44.5 Å². The first-order chi connectivity index (χ1) is 22.1. The maximum absolute atomic E-state index is 9.48. The van der Waals surface area contributed by atoms with E-state index in [0.717, 1.165) is 24.0 Å². The van der Waals surface area contributed by atoms with Crippen LogP contribution >= 0.6 is 0 Å². The lowest BCUT2D eigenvalue weighted by molar-refractivity contribution is 0.426. The van der Waals surface area contributed by atoms with Gasteiger partial charge < -0.3 is 10.0 Å². The minimum absolute atomic E-state index is 0.504. The van der Waals surface area contributed by atoms with Crippen molar-refractivity contribution in [1.29, 1.82) is 0 Å². The third-order valence-electron chi connectivity index (χ3n) is 8.97. The molecule has 0 aliphatic heterocycles. The normalized spacial score (nSPS) is 11.1. The molecule has 0 aliphatic carbocycles. The van der Waals surface area contributed by atoms with Crippen LogP contribution in [0.15, 0.2) is 115 Å². The van der Waals surface area contributed by atoms with E-state index in [1.807, 2.05) is 12.1 Å². The van der Waals surface area contributed by atoms with Crippen molar-refractivity contribution < 1.29 is 10.0 Å². The first-order valence-corrected chi connectivity index (χ1v) is 17.0. The lowest BCUT2D eigenvalue weighted by Crippen LogP contribution is -2.29. The molecule has 0 fully saturated rings. The van der Waals surface area contributed by atoms with Gasteiger partial charge in [-0.3, -0.25) is 0 Å². The molecular formula is C42H47BO2. The van der Waals surface area contributed by atoms with Crippen LogP contribution in [0.5, 0.6) is 0 Å². The van der Waals surface area contributed by atoms with Crippen molar-refractivity contribution in [3.8, 4) is 44.5 Å². The Labute approximate surface area is 271 Å². The standard InChI is InChI=1S/C42H47BO2/c1-3-5-7-10-16-38-31-42(37-24-20-34(21-25-37)35-26-28-40(29-27-35)43(44)45)39(17-11-8-6-4-2)30-41(38)36-22-18-33(19-23-36)32-14-12-9-13-15-32/h9,12-15,18-31,44-45H,3-8,10-11,16-17H2,1-2H3. The fraction of sp³-hybridized carbons (Fsp3) is 0.286. The molecule has 45 heavy (non-hydrogen) atoms. The quantitative estimate of drug-likeness (QED) is 0.0935. The van der Waals surface area contributed by atoms with E-state index in [1.54, 1.807) is 12.1 Å². The first kappa shape index (κ1) is 32.5. The molecule has 230 valence electrons. The second-order valence-electron chi connectivity index (χ2n) is 12.3. The van der Waals surface area contributed by atoms with Crippen molar-refractivity contribution in [3.63, 3.8) is 0 Å². The van der Waals surface area contributed by atoms with Gasteiger partial charge in [0.1, 0.15) is 0 Å². The SMILES string of the molecule is CCCCCCc1cc(-c2ccc(-c3ccc(B(O)O)cc3)cc2)c(CCCCCC)cc1-c1ccc(-c2ccccc2)cc1. The van der Waals surface area contributed by atoms with Gasteiger partial charge >= 0.3 is 7.12 Å². The summed E-state index contributed by atoms with van der Waals surface area (Å²) in [5, 5.41) is 19.0. The number of rotatable bonds is 15. The topological polar surface area (TPSA) is 40.5 Å². The van der Waals surface area contributed by atoms with Gasteiger partial charge in [0.25, 0.3) is 0 Å². The van der Waals surface area contributed by atoms with Crippen molar-refractivity contribution in [2.45, 2.75) is 78.1 Å². The summed E-state index contributed by atoms with van der Waals surface area (Å²) in [5.41, 5.74) is 13.4. The van der Waals surface area contributed by atoms with Crippen LogP contribution in [0.3, 0.4) is 0 Å². The van der Waals surface area contributed by atoms with E-state index >= 15 is 0 Å². The lowest BCUT2D eigenvalue weighted by Gasteiger charge is -2.18. The molecular weight excluding hydrogens is 547 g/mol. The van der Waals surface area contributed by atoms with Crippen LogP contribution in [0.4, 0.5) is 0 Å². The van der Waals surface area contributed by atoms with E-state index in [-0.39, 0.29) is 0 Å². The summed E-state index contributed by atoms with van der Waals surface area (Å²) in [4.78, 5) is 0. The minimum Gasteiger partial charge on any atom is -0.423 e. The molecule has 0 saturated heterocycles. The zero-order valence-corrected chi connectivity index (χ0v) is 27.0. The van der Waals surface area contributed by atoms with E-state index < -0.39 is 7.12 Å². The molecule has 3 heteroatoms. The molecule has 0 atom stereocenters. The average molecular weight is 595 g/mol. The second kappa shape index (κ2) is 16.4.